The molecule has 0 atom stereocenters. The van der Waals surface area contributed by atoms with Crippen LogP contribution in [0.15, 0.2) is 93.6 Å². The monoisotopic (exact) mass is 525 g/mol. The molecule has 0 aliphatic rings. The Labute approximate surface area is 202 Å². The van der Waals surface area contributed by atoms with Gasteiger partial charge in [-0.1, -0.05) is 18.2 Å². The zero-order valence-electron chi connectivity index (χ0n) is 17.8. The molecule has 0 radical (unpaired) electrons. The van der Waals surface area contributed by atoms with E-state index in [0.29, 0.717) is 12.1 Å². The molecule has 2 heterocycles. The molecular formula is C22H21ClFN3O5S2. The Morgan fingerprint density at radius 3 is 2.41 bits per heavy atom. The van der Waals surface area contributed by atoms with Crippen LogP contribution in [0, 0.1) is 5.82 Å². The third kappa shape index (κ3) is 5.02. The van der Waals surface area contributed by atoms with Gasteiger partial charge in [-0.25, -0.2) is 25.2 Å². The van der Waals surface area contributed by atoms with Gasteiger partial charge in [0.1, 0.15) is 17.0 Å². The SMILES string of the molecule is CNCc1cc(-c2ccccc2F)n(S(=O)(=O)c2cccc(NS(=O)(=O)c3ccoc3)c2)c1.Cl. The highest BCUT2D eigenvalue weighted by molar-refractivity contribution is 7.92. The van der Waals surface area contributed by atoms with Gasteiger partial charge in [-0.3, -0.25) is 4.72 Å². The average Bonchev–Trinajstić information content (AvgIpc) is 3.45. The molecule has 2 N–H and O–H groups in total. The average molecular weight is 526 g/mol. The van der Waals surface area contributed by atoms with Crippen LogP contribution in [0.4, 0.5) is 10.1 Å². The van der Waals surface area contributed by atoms with Crippen molar-refractivity contribution in [3.05, 3.63) is 90.8 Å². The lowest BCUT2D eigenvalue weighted by Gasteiger charge is -2.13. The van der Waals surface area contributed by atoms with Crippen LogP contribution < -0.4 is 10.0 Å². The van der Waals surface area contributed by atoms with Gasteiger partial charge in [0.05, 0.1) is 22.5 Å². The molecule has 0 unspecified atom stereocenters. The molecule has 4 aromatic rings. The predicted molar refractivity (Wildman–Crippen MR) is 128 cm³/mol. The highest BCUT2D eigenvalue weighted by Gasteiger charge is 2.24. The fourth-order valence-electron chi connectivity index (χ4n) is 3.31. The summed E-state index contributed by atoms with van der Waals surface area (Å²) in [5.74, 6) is -0.565. The molecule has 0 fully saturated rings. The lowest BCUT2D eigenvalue weighted by atomic mass is 10.1. The number of furan rings is 1. The summed E-state index contributed by atoms with van der Waals surface area (Å²) in [6.07, 6.45) is 3.69. The highest BCUT2D eigenvalue weighted by Crippen LogP contribution is 2.30. The van der Waals surface area contributed by atoms with E-state index < -0.39 is 25.9 Å². The number of anilines is 1. The molecule has 0 bridgehead atoms. The molecular weight excluding hydrogens is 505 g/mol. The standard InChI is InChI=1S/C22H20FN3O5S2.ClH/c1-24-13-16-11-22(20-7-2-3-8-21(20)23)26(14-16)33(29,30)18-6-4-5-17(12-18)25-32(27,28)19-9-10-31-15-19;/h2-12,14-15,24-25H,13H2,1H3;1H. The van der Waals surface area contributed by atoms with E-state index in [1.54, 1.807) is 19.2 Å². The Balaban J connectivity index is 0.00000324. The molecule has 0 aliphatic heterocycles. The zero-order chi connectivity index (χ0) is 23.6. The third-order valence-corrected chi connectivity index (χ3v) is 7.85. The van der Waals surface area contributed by atoms with Crippen molar-refractivity contribution in [1.29, 1.82) is 0 Å². The van der Waals surface area contributed by atoms with Crippen molar-refractivity contribution in [2.45, 2.75) is 16.3 Å². The van der Waals surface area contributed by atoms with Gasteiger partial charge in [0.15, 0.2) is 0 Å². The van der Waals surface area contributed by atoms with Gasteiger partial charge in [-0.15, -0.1) is 12.4 Å². The van der Waals surface area contributed by atoms with Crippen molar-refractivity contribution in [3.8, 4) is 11.3 Å². The van der Waals surface area contributed by atoms with Crippen molar-refractivity contribution in [2.24, 2.45) is 0 Å². The summed E-state index contributed by atoms with van der Waals surface area (Å²) in [4.78, 5) is -0.265. The molecule has 0 spiro atoms. The van der Waals surface area contributed by atoms with Crippen molar-refractivity contribution in [2.75, 3.05) is 11.8 Å². The van der Waals surface area contributed by atoms with Crippen LogP contribution in [0.2, 0.25) is 0 Å². The van der Waals surface area contributed by atoms with Crippen LogP contribution >= 0.6 is 12.4 Å². The summed E-state index contributed by atoms with van der Waals surface area (Å²) in [5, 5.41) is 2.94. The summed E-state index contributed by atoms with van der Waals surface area (Å²) < 4.78 is 74.7. The summed E-state index contributed by atoms with van der Waals surface area (Å²) in [6, 6.07) is 14.1. The molecule has 0 saturated heterocycles. The Morgan fingerprint density at radius 2 is 1.74 bits per heavy atom. The number of hydrogen-bond acceptors (Lipinski definition) is 6. The third-order valence-electron chi connectivity index (χ3n) is 4.82. The van der Waals surface area contributed by atoms with E-state index in [-0.39, 0.29) is 39.1 Å². The van der Waals surface area contributed by atoms with Crippen molar-refractivity contribution >= 4 is 38.1 Å². The minimum Gasteiger partial charge on any atom is -0.471 e. The van der Waals surface area contributed by atoms with Crippen molar-refractivity contribution in [1.82, 2.24) is 9.29 Å². The quantitative estimate of drug-likeness (QED) is 0.359. The van der Waals surface area contributed by atoms with E-state index in [9.17, 15) is 21.2 Å². The summed E-state index contributed by atoms with van der Waals surface area (Å²) >= 11 is 0. The van der Waals surface area contributed by atoms with Gasteiger partial charge in [-0.05, 0) is 55.1 Å². The normalized spacial score (nSPS) is 11.7. The van der Waals surface area contributed by atoms with Gasteiger partial charge < -0.3 is 9.73 Å². The first kappa shape index (κ1) is 25.5. The van der Waals surface area contributed by atoms with Gasteiger partial charge >= 0.3 is 0 Å². The van der Waals surface area contributed by atoms with Gasteiger partial charge in [-0.2, -0.15) is 0 Å². The van der Waals surface area contributed by atoms with Gasteiger partial charge in [0.25, 0.3) is 20.0 Å². The number of sulfonamides is 1. The first-order valence-electron chi connectivity index (χ1n) is 9.74. The topological polar surface area (TPSA) is 110 Å². The van der Waals surface area contributed by atoms with E-state index in [1.165, 1.54) is 61.0 Å². The Kier molecular flexibility index (Phi) is 7.51. The van der Waals surface area contributed by atoms with Crippen LogP contribution in [0.5, 0.6) is 0 Å². The van der Waals surface area contributed by atoms with Crippen LogP contribution in [0.1, 0.15) is 5.56 Å². The number of aromatic nitrogens is 1. The van der Waals surface area contributed by atoms with E-state index in [1.807, 2.05) is 0 Å². The lowest BCUT2D eigenvalue weighted by Crippen LogP contribution is -2.15. The molecule has 0 saturated carbocycles. The first-order chi connectivity index (χ1) is 15.7. The second-order valence-electron chi connectivity index (χ2n) is 7.14. The Bertz CT molecular complexity index is 1500. The maximum atomic E-state index is 14.5. The first-order valence-corrected chi connectivity index (χ1v) is 12.7. The second-order valence-corrected chi connectivity index (χ2v) is 10.6. The minimum absolute atomic E-state index is 0. The maximum Gasteiger partial charge on any atom is 0.268 e. The molecule has 0 amide bonds. The number of nitrogens with one attached hydrogen (secondary N) is 2. The van der Waals surface area contributed by atoms with Crippen LogP contribution in [-0.2, 0) is 26.6 Å². The fraction of sp³-hybridized carbons (Fsp3) is 0.0909. The van der Waals surface area contributed by atoms with Crippen LogP contribution in [-0.4, -0.2) is 27.9 Å². The largest absolute Gasteiger partial charge is 0.471 e. The molecule has 34 heavy (non-hydrogen) atoms. The predicted octanol–water partition coefficient (Wildman–Crippen LogP) is 4.07. The van der Waals surface area contributed by atoms with Crippen LogP contribution in [0.25, 0.3) is 11.3 Å². The van der Waals surface area contributed by atoms with E-state index >= 15 is 0 Å². The van der Waals surface area contributed by atoms with Crippen molar-refractivity contribution < 1.29 is 25.6 Å². The molecule has 180 valence electrons. The molecule has 2 aromatic heterocycles. The second kappa shape index (κ2) is 10.0. The van der Waals surface area contributed by atoms with E-state index in [0.717, 1.165) is 10.2 Å². The lowest BCUT2D eigenvalue weighted by molar-refractivity contribution is 0.557. The van der Waals surface area contributed by atoms with Gasteiger partial charge in [0, 0.05) is 18.3 Å². The smallest absolute Gasteiger partial charge is 0.268 e. The zero-order valence-corrected chi connectivity index (χ0v) is 20.3. The molecule has 4 rings (SSSR count). The number of hydrogen-bond donors (Lipinski definition) is 2. The highest BCUT2D eigenvalue weighted by atomic mass is 35.5. The number of rotatable bonds is 8. The minimum atomic E-state index is -4.20. The number of halogens is 2. The fourth-order valence-corrected chi connectivity index (χ4v) is 5.72. The summed E-state index contributed by atoms with van der Waals surface area (Å²) in [7, 11) is -6.44. The summed E-state index contributed by atoms with van der Waals surface area (Å²) in [6.45, 7) is 0.370. The molecule has 8 nitrogen and oxygen atoms in total. The van der Waals surface area contributed by atoms with Crippen molar-refractivity contribution in [3.63, 3.8) is 0 Å². The molecule has 0 aliphatic carbocycles. The molecule has 12 heteroatoms. The van der Waals surface area contributed by atoms with Crippen LogP contribution in [0.3, 0.4) is 0 Å². The maximum absolute atomic E-state index is 14.5. The number of nitrogens with zero attached hydrogens (tertiary/aromatic N) is 1. The Morgan fingerprint density at radius 1 is 0.971 bits per heavy atom. The van der Waals surface area contributed by atoms with Gasteiger partial charge in [0.2, 0.25) is 0 Å². The summed E-state index contributed by atoms with van der Waals surface area (Å²) in [5.41, 5.74) is 0.964. The van der Waals surface area contributed by atoms with E-state index in [4.69, 9.17) is 4.42 Å². The number of benzene rings is 2. The van der Waals surface area contributed by atoms with E-state index in [2.05, 4.69) is 10.0 Å². The Hall–Kier alpha value is -3.12. The molecule has 2 aromatic carbocycles.